The maximum Gasteiger partial charge on any atom is 0.0319 e. The SMILES string of the molecule is CC[C@@H]1CCN(C(C)c2ccccc2)C1. The molecule has 0 aromatic heterocycles. The monoisotopic (exact) mass is 203 g/mol. The summed E-state index contributed by atoms with van der Waals surface area (Å²) in [6.45, 7) is 7.19. The van der Waals surface area contributed by atoms with Crippen LogP contribution >= 0.6 is 0 Å². The Labute approximate surface area is 93.1 Å². The summed E-state index contributed by atoms with van der Waals surface area (Å²) >= 11 is 0. The summed E-state index contributed by atoms with van der Waals surface area (Å²) in [6.07, 6.45) is 2.71. The van der Waals surface area contributed by atoms with Gasteiger partial charge in [-0.05, 0) is 31.4 Å². The Kier molecular flexibility index (Phi) is 3.42. The van der Waals surface area contributed by atoms with E-state index in [1.165, 1.54) is 31.5 Å². The van der Waals surface area contributed by atoms with Crippen molar-refractivity contribution in [1.82, 2.24) is 4.90 Å². The van der Waals surface area contributed by atoms with Gasteiger partial charge in [-0.25, -0.2) is 0 Å². The van der Waals surface area contributed by atoms with Crippen molar-refractivity contribution < 1.29 is 0 Å². The second kappa shape index (κ2) is 4.80. The molecule has 0 aliphatic carbocycles. The molecule has 1 saturated heterocycles. The molecule has 0 N–H and O–H groups in total. The second-order valence-corrected chi connectivity index (χ2v) is 4.64. The molecule has 1 nitrogen and oxygen atoms in total. The molecule has 15 heavy (non-hydrogen) atoms. The topological polar surface area (TPSA) is 3.24 Å². The summed E-state index contributed by atoms with van der Waals surface area (Å²) in [4.78, 5) is 2.61. The van der Waals surface area contributed by atoms with E-state index < -0.39 is 0 Å². The molecule has 2 atom stereocenters. The van der Waals surface area contributed by atoms with Crippen molar-refractivity contribution in [1.29, 1.82) is 0 Å². The van der Waals surface area contributed by atoms with E-state index in [2.05, 4.69) is 49.1 Å². The zero-order chi connectivity index (χ0) is 10.7. The van der Waals surface area contributed by atoms with E-state index in [-0.39, 0.29) is 0 Å². The first-order valence-electron chi connectivity index (χ1n) is 6.10. The highest BCUT2D eigenvalue weighted by Gasteiger charge is 2.25. The van der Waals surface area contributed by atoms with Gasteiger partial charge in [0.15, 0.2) is 0 Å². The summed E-state index contributed by atoms with van der Waals surface area (Å²) < 4.78 is 0. The zero-order valence-electron chi connectivity index (χ0n) is 9.82. The molecular formula is C14H21N. The van der Waals surface area contributed by atoms with Crippen LogP contribution in [0.2, 0.25) is 0 Å². The minimum absolute atomic E-state index is 0.586. The normalized spacial score (nSPS) is 24.3. The van der Waals surface area contributed by atoms with E-state index in [1.54, 1.807) is 0 Å². The molecule has 0 bridgehead atoms. The van der Waals surface area contributed by atoms with Gasteiger partial charge in [-0.3, -0.25) is 4.90 Å². The molecule has 1 aliphatic rings. The van der Waals surface area contributed by atoms with Crippen molar-refractivity contribution in [3.63, 3.8) is 0 Å². The second-order valence-electron chi connectivity index (χ2n) is 4.64. The molecule has 0 saturated carbocycles. The largest absolute Gasteiger partial charge is 0.296 e. The Bertz CT molecular complexity index is 293. The van der Waals surface area contributed by atoms with E-state index in [4.69, 9.17) is 0 Å². The number of likely N-dealkylation sites (tertiary alicyclic amines) is 1. The van der Waals surface area contributed by atoms with Crippen LogP contribution in [-0.2, 0) is 0 Å². The Hall–Kier alpha value is -0.820. The third-order valence-electron chi connectivity index (χ3n) is 3.72. The van der Waals surface area contributed by atoms with Crippen LogP contribution in [-0.4, -0.2) is 18.0 Å². The van der Waals surface area contributed by atoms with Crippen LogP contribution in [0.4, 0.5) is 0 Å². The lowest BCUT2D eigenvalue weighted by Crippen LogP contribution is -2.24. The Morgan fingerprint density at radius 2 is 2.07 bits per heavy atom. The van der Waals surface area contributed by atoms with Gasteiger partial charge < -0.3 is 0 Å². The summed E-state index contributed by atoms with van der Waals surface area (Å²) in [5.41, 5.74) is 1.45. The fourth-order valence-corrected chi connectivity index (χ4v) is 2.49. The van der Waals surface area contributed by atoms with E-state index in [9.17, 15) is 0 Å². The van der Waals surface area contributed by atoms with Gasteiger partial charge in [0.1, 0.15) is 0 Å². The average molecular weight is 203 g/mol. The maximum atomic E-state index is 2.61. The first-order valence-corrected chi connectivity index (χ1v) is 6.10. The minimum atomic E-state index is 0.586. The highest BCUT2D eigenvalue weighted by atomic mass is 15.2. The lowest BCUT2D eigenvalue weighted by molar-refractivity contribution is 0.252. The maximum absolute atomic E-state index is 2.61. The van der Waals surface area contributed by atoms with Gasteiger partial charge in [0.25, 0.3) is 0 Å². The number of benzene rings is 1. The van der Waals surface area contributed by atoms with Crippen molar-refractivity contribution in [3.8, 4) is 0 Å². The van der Waals surface area contributed by atoms with Gasteiger partial charge >= 0.3 is 0 Å². The van der Waals surface area contributed by atoms with Crippen molar-refractivity contribution in [2.75, 3.05) is 13.1 Å². The number of rotatable bonds is 3. The van der Waals surface area contributed by atoms with Crippen molar-refractivity contribution in [3.05, 3.63) is 35.9 Å². The minimum Gasteiger partial charge on any atom is -0.296 e. The molecule has 1 heteroatoms. The molecule has 1 aromatic rings. The lowest BCUT2D eigenvalue weighted by Gasteiger charge is -2.24. The Morgan fingerprint density at radius 3 is 2.67 bits per heavy atom. The number of hydrogen-bond acceptors (Lipinski definition) is 1. The molecule has 1 unspecified atom stereocenters. The number of hydrogen-bond donors (Lipinski definition) is 0. The van der Waals surface area contributed by atoms with Crippen LogP contribution in [0.3, 0.4) is 0 Å². The van der Waals surface area contributed by atoms with E-state index in [0.29, 0.717) is 6.04 Å². The van der Waals surface area contributed by atoms with Gasteiger partial charge in [-0.2, -0.15) is 0 Å². The molecule has 1 heterocycles. The highest BCUT2D eigenvalue weighted by molar-refractivity contribution is 5.18. The third kappa shape index (κ3) is 2.40. The Balaban J connectivity index is 2.00. The predicted octanol–water partition coefficient (Wildman–Crippen LogP) is 3.48. The van der Waals surface area contributed by atoms with Crippen molar-refractivity contribution >= 4 is 0 Å². The fourth-order valence-electron chi connectivity index (χ4n) is 2.49. The van der Waals surface area contributed by atoms with Crippen molar-refractivity contribution in [2.24, 2.45) is 5.92 Å². The fraction of sp³-hybridized carbons (Fsp3) is 0.571. The molecule has 1 aliphatic heterocycles. The van der Waals surface area contributed by atoms with E-state index in [0.717, 1.165) is 5.92 Å². The summed E-state index contributed by atoms with van der Waals surface area (Å²) in [7, 11) is 0. The van der Waals surface area contributed by atoms with Crippen LogP contribution in [0, 0.1) is 5.92 Å². The standard InChI is InChI=1S/C14H21N/c1-3-13-9-10-15(11-13)12(2)14-7-5-4-6-8-14/h4-8,12-13H,3,9-11H2,1-2H3/t12?,13-/m1/s1. The van der Waals surface area contributed by atoms with Gasteiger partial charge in [0.2, 0.25) is 0 Å². The predicted molar refractivity (Wildman–Crippen MR) is 64.8 cm³/mol. The van der Waals surface area contributed by atoms with Gasteiger partial charge in [0, 0.05) is 12.6 Å². The summed E-state index contributed by atoms with van der Waals surface area (Å²) in [6, 6.07) is 11.4. The molecule has 1 aromatic carbocycles. The molecule has 82 valence electrons. The molecule has 0 spiro atoms. The van der Waals surface area contributed by atoms with Crippen LogP contribution in [0.1, 0.15) is 38.3 Å². The van der Waals surface area contributed by atoms with Crippen molar-refractivity contribution in [2.45, 2.75) is 32.7 Å². The quantitative estimate of drug-likeness (QED) is 0.727. The molecular weight excluding hydrogens is 182 g/mol. The first kappa shape index (κ1) is 10.7. The zero-order valence-corrected chi connectivity index (χ0v) is 9.82. The van der Waals surface area contributed by atoms with Crippen LogP contribution in [0.15, 0.2) is 30.3 Å². The van der Waals surface area contributed by atoms with E-state index >= 15 is 0 Å². The Morgan fingerprint density at radius 1 is 1.33 bits per heavy atom. The lowest BCUT2D eigenvalue weighted by atomic mass is 10.1. The van der Waals surface area contributed by atoms with E-state index in [1.807, 2.05) is 0 Å². The third-order valence-corrected chi connectivity index (χ3v) is 3.72. The molecule has 1 fully saturated rings. The van der Waals surface area contributed by atoms with Crippen LogP contribution in [0.25, 0.3) is 0 Å². The van der Waals surface area contributed by atoms with Crippen LogP contribution in [0.5, 0.6) is 0 Å². The summed E-state index contributed by atoms with van der Waals surface area (Å²) in [5, 5.41) is 0. The molecule has 0 amide bonds. The first-order chi connectivity index (χ1) is 7.31. The number of nitrogens with zero attached hydrogens (tertiary/aromatic N) is 1. The van der Waals surface area contributed by atoms with Crippen LogP contribution < -0.4 is 0 Å². The highest BCUT2D eigenvalue weighted by Crippen LogP contribution is 2.28. The van der Waals surface area contributed by atoms with Gasteiger partial charge in [-0.1, -0.05) is 43.7 Å². The molecule has 0 radical (unpaired) electrons. The average Bonchev–Trinajstić information content (AvgIpc) is 2.78. The molecule has 2 rings (SSSR count). The van der Waals surface area contributed by atoms with Gasteiger partial charge in [0.05, 0.1) is 0 Å². The van der Waals surface area contributed by atoms with Gasteiger partial charge in [-0.15, -0.1) is 0 Å². The summed E-state index contributed by atoms with van der Waals surface area (Å²) in [5.74, 6) is 0.927. The smallest absolute Gasteiger partial charge is 0.0319 e.